The van der Waals surface area contributed by atoms with Crippen molar-refractivity contribution in [2.75, 3.05) is 19.6 Å². The van der Waals surface area contributed by atoms with Crippen molar-refractivity contribution in [3.63, 3.8) is 0 Å². The predicted molar refractivity (Wildman–Crippen MR) is 67.2 cm³/mol. The van der Waals surface area contributed by atoms with Crippen LogP contribution in [0.25, 0.3) is 0 Å². The fourth-order valence-corrected chi connectivity index (χ4v) is 1.96. The normalized spacial score (nSPS) is 15.3. The molecule has 1 unspecified atom stereocenters. The molecular weight excluding hydrogens is 200 g/mol. The van der Waals surface area contributed by atoms with E-state index in [0.29, 0.717) is 6.54 Å². The number of nitrogens with two attached hydrogens (primary N) is 1. The van der Waals surface area contributed by atoms with Crippen LogP contribution in [0, 0.1) is 0 Å². The SMILES string of the molecule is CCN(CCn1cccn1)C(C)(CC)CN. The van der Waals surface area contributed by atoms with Gasteiger partial charge in [0.2, 0.25) is 0 Å². The number of likely N-dealkylation sites (N-methyl/N-ethyl adjacent to an activating group) is 1. The van der Waals surface area contributed by atoms with Crippen molar-refractivity contribution >= 4 is 0 Å². The molecule has 4 heteroatoms. The van der Waals surface area contributed by atoms with E-state index < -0.39 is 0 Å². The number of hydrogen-bond donors (Lipinski definition) is 1. The Bertz CT molecular complexity index is 277. The Morgan fingerprint density at radius 3 is 2.62 bits per heavy atom. The van der Waals surface area contributed by atoms with Gasteiger partial charge < -0.3 is 5.73 Å². The molecule has 0 amide bonds. The first-order valence-electron chi connectivity index (χ1n) is 6.08. The summed E-state index contributed by atoms with van der Waals surface area (Å²) in [6.45, 7) is 10.3. The summed E-state index contributed by atoms with van der Waals surface area (Å²) in [5.74, 6) is 0. The van der Waals surface area contributed by atoms with Crippen LogP contribution >= 0.6 is 0 Å². The van der Waals surface area contributed by atoms with Gasteiger partial charge in [-0.2, -0.15) is 5.10 Å². The third-order valence-corrected chi connectivity index (χ3v) is 3.50. The van der Waals surface area contributed by atoms with Crippen molar-refractivity contribution < 1.29 is 0 Å². The van der Waals surface area contributed by atoms with Gasteiger partial charge in [-0.3, -0.25) is 9.58 Å². The van der Waals surface area contributed by atoms with Crippen molar-refractivity contribution in [2.45, 2.75) is 39.3 Å². The van der Waals surface area contributed by atoms with Crippen LogP contribution in [-0.2, 0) is 6.54 Å². The number of nitrogens with zero attached hydrogens (tertiary/aromatic N) is 3. The van der Waals surface area contributed by atoms with E-state index in [4.69, 9.17) is 5.73 Å². The van der Waals surface area contributed by atoms with E-state index in [1.165, 1.54) is 0 Å². The Morgan fingerprint density at radius 2 is 2.19 bits per heavy atom. The van der Waals surface area contributed by atoms with Crippen LogP contribution in [-0.4, -0.2) is 39.9 Å². The van der Waals surface area contributed by atoms with Crippen LogP contribution in [0.4, 0.5) is 0 Å². The zero-order valence-corrected chi connectivity index (χ0v) is 10.7. The van der Waals surface area contributed by atoms with Gasteiger partial charge in [0.25, 0.3) is 0 Å². The Hall–Kier alpha value is -0.870. The van der Waals surface area contributed by atoms with Gasteiger partial charge in [-0.1, -0.05) is 13.8 Å². The fraction of sp³-hybridized carbons (Fsp3) is 0.750. The molecule has 0 saturated carbocycles. The Morgan fingerprint density at radius 1 is 1.44 bits per heavy atom. The van der Waals surface area contributed by atoms with Crippen LogP contribution in [0.3, 0.4) is 0 Å². The average Bonchev–Trinajstić information content (AvgIpc) is 2.82. The lowest BCUT2D eigenvalue weighted by atomic mass is 9.96. The molecule has 0 aromatic carbocycles. The smallest absolute Gasteiger partial charge is 0.0536 e. The van der Waals surface area contributed by atoms with E-state index in [1.54, 1.807) is 0 Å². The first-order valence-corrected chi connectivity index (χ1v) is 6.08. The molecule has 0 spiro atoms. The summed E-state index contributed by atoms with van der Waals surface area (Å²) < 4.78 is 1.97. The van der Waals surface area contributed by atoms with Gasteiger partial charge in [-0.25, -0.2) is 0 Å². The molecule has 92 valence electrons. The molecule has 4 nitrogen and oxygen atoms in total. The van der Waals surface area contributed by atoms with Gasteiger partial charge in [0.15, 0.2) is 0 Å². The topological polar surface area (TPSA) is 47.1 Å². The average molecular weight is 224 g/mol. The molecule has 16 heavy (non-hydrogen) atoms. The minimum atomic E-state index is 0.113. The van der Waals surface area contributed by atoms with E-state index >= 15 is 0 Å². The maximum atomic E-state index is 5.88. The standard InChI is InChI=1S/C12H24N4/c1-4-12(3,11-13)15(5-2)9-10-16-8-6-7-14-16/h6-8H,4-5,9-11,13H2,1-3H3. The predicted octanol–water partition coefficient (Wildman–Crippen LogP) is 1.33. The molecule has 0 aliphatic heterocycles. The lowest BCUT2D eigenvalue weighted by molar-refractivity contribution is 0.106. The molecule has 1 atom stereocenters. The van der Waals surface area contributed by atoms with Crippen molar-refractivity contribution in [2.24, 2.45) is 5.73 Å². The minimum Gasteiger partial charge on any atom is -0.329 e. The summed E-state index contributed by atoms with van der Waals surface area (Å²) in [5, 5.41) is 4.21. The maximum absolute atomic E-state index is 5.88. The van der Waals surface area contributed by atoms with Crippen LogP contribution < -0.4 is 5.73 Å². The first kappa shape index (κ1) is 13.2. The maximum Gasteiger partial charge on any atom is 0.0536 e. The van der Waals surface area contributed by atoms with Crippen LogP contribution in [0.5, 0.6) is 0 Å². The van der Waals surface area contributed by atoms with Crippen molar-refractivity contribution in [1.82, 2.24) is 14.7 Å². The monoisotopic (exact) mass is 224 g/mol. The third-order valence-electron chi connectivity index (χ3n) is 3.50. The van der Waals surface area contributed by atoms with E-state index in [2.05, 4.69) is 30.8 Å². The summed E-state index contributed by atoms with van der Waals surface area (Å²) in [6.07, 6.45) is 4.90. The molecule has 0 radical (unpaired) electrons. The molecule has 0 fully saturated rings. The molecule has 1 aromatic heterocycles. The Balaban J connectivity index is 2.54. The summed E-state index contributed by atoms with van der Waals surface area (Å²) in [6, 6.07) is 1.96. The van der Waals surface area contributed by atoms with E-state index in [1.807, 2.05) is 23.1 Å². The molecule has 2 N–H and O–H groups in total. The molecule has 0 aliphatic rings. The number of aromatic nitrogens is 2. The van der Waals surface area contributed by atoms with Crippen LogP contribution in [0.15, 0.2) is 18.5 Å². The fourth-order valence-electron chi connectivity index (χ4n) is 1.96. The lowest BCUT2D eigenvalue weighted by Crippen LogP contribution is -2.52. The highest BCUT2D eigenvalue weighted by Gasteiger charge is 2.26. The molecule has 1 heterocycles. The van der Waals surface area contributed by atoms with Crippen molar-refractivity contribution in [3.05, 3.63) is 18.5 Å². The first-order chi connectivity index (χ1) is 7.66. The highest BCUT2D eigenvalue weighted by Crippen LogP contribution is 2.17. The summed E-state index contributed by atoms with van der Waals surface area (Å²) >= 11 is 0. The molecule has 1 aromatic rings. The molecule has 0 bridgehead atoms. The molecule has 1 rings (SSSR count). The Kier molecular flexibility index (Phi) is 4.96. The quantitative estimate of drug-likeness (QED) is 0.760. The van der Waals surface area contributed by atoms with E-state index in [-0.39, 0.29) is 5.54 Å². The third kappa shape index (κ3) is 3.06. The van der Waals surface area contributed by atoms with Gasteiger partial charge in [-0.15, -0.1) is 0 Å². The van der Waals surface area contributed by atoms with E-state index in [9.17, 15) is 0 Å². The summed E-state index contributed by atoms with van der Waals surface area (Å²) in [5.41, 5.74) is 5.99. The molecule has 0 saturated heterocycles. The number of hydrogen-bond acceptors (Lipinski definition) is 3. The second kappa shape index (κ2) is 6.01. The molecule has 0 aliphatic carbocycles. The highest BCUT2D eigenvalue weighted by molar-refractivity contribution is 4.86. The zero-order valence-electron chi connectivity index (χ0n) is 10.7. The summed E-state index contributed by atoms with van der Waals surface area (Å²) in [4.78, 5) is 2.44. The Labute approximate surface area is 98.4 Å². The van der Waals surface area contributed by atoms with Crippen molar-refractivity contribution in [1.29, 1.82) is 0 Å². The summed E-state index contributed by atoms with van der Waals surface area (Å²) in [7, 11) is 0. The minimum absolute atomic E-state index is 0.113. The lowest BCUT2D eigenvalue weighted by Gasteiger charge is -2.39. The zero-order chi connectivity index (χ0) is 12.0. The van der Waals surface area contributed by atoms with Gasteiger partial charge in [0, 0.05) is 31.0 Å². The van der Waals surface area contributed by atoms with Gasteiger partial charge in [-0.05, 0) is 26.0 Å². The molecular formula is C12H24N4. The second-order valence-corrected chi connectivity index (χ2v) is 4.40. The van der Waals surface area contributed by atoms with Gasteiger partial charge in [0.05, 0.1) is 6.54 Å². The van der Waals surface area contributed by atoms with Gasteiger partial charge >= 0.3 is 0 Å². The van der Waals surface area contributed by atoms with Crippen LogP contribution in [0.1, 0.15) is 27.2 Å². The highest BCUT2D eigenvalue weighted by atomic mass is 15.3. The number of rotatable bonds is 7. The second-order valence-electron chi connectivity index (χ2n) is 4.40. The van der Waals surface area contributed by atoms with Crippen molar-refractivity contribution in [3.8, 4) is 0 Å². The van der Waals surface area contributed by atoms with Gasteiger partial charge in [0.1, 0.15) is 0 Å². The van der Waals surface area contributed by atoms with E-state index in [0.717, 1.165) is 26.1 Å². The largest absolute Gasteiger partial charge is 0.329 e. The van der Waals surface area contributed by atoms with Crippen LogP contribution in [0.2, 0.25) is 0 Å².